The van der Waals surface area contributed by atoms with Gasteiger partial charge in [-0.25, -0.2) is 4.79 Å². The molecule has 0 unspecified atom stereocenters. The van der Waals surface area contributed by atoms with Gasteiger partial charge in [0, 0.05) is 10.2 Å². The molecule has 2 aliphatic rings. The Morgan fingerprint density at radius 3 is 2.81 bits per heavy atom. The normalized spacial score (nSPS) is 10.4. The van der Waals surface area contributed by atoms with Crippen LogP contribution in [0.1, 0.15) is 10.4 Å². The van der Waals surface area contributed by atoms with E-state index in [1.54, 1.807) is 6.07 Å². The minimum Gasteiger partial charge on any atom is -0.465 e. The van der Waals surface area contributed by atoms with Gasteiger partial charge >= 0.3 is 5.97 Å². The Hall–Kier alpha value is -1.55. The lowest BCUT2D eigenvalue weighted by atomic mass is 10.1. The fourth-order valence-electron chi connectivity index (χ4n) is 1.67. The molecule has 0 heterocycles. The summed E-state index contributed by atoms with van der Waals surface area (Å²) in [7, 11) is 1.35. The van der Waals surface area contributed by atoms with Crippen LogP contribution in [0.4, 0.5) is 5.69 Å². The quantitative estimate of drug-likeness (QED) is 0.817. The molecule has 0 amide bonds. The van der Waals surface area contributed by atoms with Crippen LogP contribution in [-0.4, -0.2) is 13.1 Å². The van der Waals surface area contributed by atoms with Crippen LogP contribution in [0.3, 0.4) is 0 Å². The molecule has 0 saturated carbocycles. The molecule has 3 nitrogen and oxygen atoms in total. The topological polar surface area (TPSA) is 52.3 Å². The predicted octanol–water partition coefficient (Wildman–Crippen LogP) is 2.92. The number of nitrogen functional groups attached to an aromatic ring is 1. The van der Waals surface area contributed by atoms with Gasteiger partial charge in [0.25, 0.3) is 0 Å². The third-order valence-electron chi connectivity index (χ3n) is 2.38. The van der Waals surface area contributed by atoms with E-state index in [9.17, 15) is 4.79 Å². The van der Waals surface area contributed by atoms with Crippen molar-refractivity contribution < 1.29 is 9.53 Å². The Labute approximate surface area is 102 Å². The number of anilines is 1. The molecular weight excluding hydrogens is 270 g/mol. The van der Waals surface area contributed by atoms with Crippen molar-refractivity contribution in [1.82, 2.24) is 0 Å². The summed E-state index contributed by atoms with van der Waals surface area (Å²) in [4.78, 5) is 11.6. The largest absolute Gasteiger partial charge is 0.465 e. The summed E-state index contributed by atoms with van der Waals surface area (Å²) in [5.41, 5.74) is 8.39. The van der Waals surface area contributed by atoms with Crippen LogP contribution < -0.4 is 5.73 Å². The molecule has 16 heavy (non-hydrogen) atoms. The van der Waals surface area contributed by atoms with Crippen LogP contribution in [0.15, 0.2) is 34.8 Å². The Kier molecular flexibility index (Phi) is 2.83. The van der Waals surface area contributed by atoms with Crippen LogP contribution in [-0.2, 0) is 4.74 Å². The van der Waals surface area contributed by atoms with Crippen LogP contribution in [0.25, 0.3) is 11.1 Å². The van der Waals surface area contributed by atoms with Crippen molar-refractivity contribution in [1.29, 1.82) is 0 Å². The highest BCUT2D eigenvalue weighted by molar-refractivity contribution is 9.10. The van der Waals surface area contributed by atoms with E-state index in [-0.39, 0.29) is 0 Å². The number of nitrogens with two attached hydrogens (primary N) is 1. The van der Waals surface area contributed by atoms with E-state index in [2.05, 4.69) is 15.9 Å². The number of rotatable bonds is 1. The summed E-state index contributed by atoms with van der Waals surface area (Å²) >= 11 is 3.38. The second-order valence-electron chi connectivity index (χ2n) is 3.39. The van der Waals surface area contributed by atoms with Crippen molar-refractivity contribution >= 4 is 27.6 Å². The molecule has 2 aliphatic carbocycles. The molecule has 0 spiro atoms. The highest BCUT2D eigenvalue weighted by atomic mass is 79.9. The molecule has 0 aromatic carbocycles. The maximum atomic E-state index is 11.6. The zero-order valence-corrected chi connectivity index (χ0v) is 10.2. The van der Waals surface area contributed by atoms with E-state index in [0.717, 1.165) is 15.6 Å². The molecule has 2 rings (SSSR count). The Morgan fingerprint density at radius 1 is 1.38 bits per heavy atom. The first kappa shape index (κ1) is 11.0. The second kappa shape index (κ2) is 4.14. The molecule has 2 N–H and O–H groups in total. The average molecular weight is 280 g/mol. The average Bonchev–Trinajstić information content (AvgIpc) is 2.42. The fourth-order valence-corrected chi connectivity index (χ4v) is 2.05. The Bertz CT molecular complexity index is 525. The number of carbonyl (C=O) groups excluding carboxylic acids is 1. The van der Waals surface area contributed by atoms with Crippen molar-refractivity contribution in [3.05, 3.63) is 40.4 Å². The number of halogens is 1. The van der Waals surface area contributed by atoms with Crippen LogP contribution in [0.5, 0.6) is 0 Å². The van der Waals surface area contributed by atoms with Crippen LogP contribution >= 0.6 is 15.9 Å². The summed E-state index contributed by atoms with van der Waals surface area (Å²) in [6.45, 7) is 0. The molecular formula is C12H10BrNO2. The van der Waals surface area contributed by atoms with Gasteiger partial charge < -0.3 is 10.5 Å². The third-order valence-corrected chi connectivity index (χ3v) is 2.88. The van der Waals surface area contributed by atoms with E-state index in [1.807, 2.05) is 24.3 Å². The standard InChI is InChI=1S/C12H10BrNO2/c1-16-12(15)11-9-6-8(13)4-2-3-7(9)5-10(11)14/h2-6H,14H2,1H3. The lowest BCUT2D eigenvalue weighted by Gasteiger charge is -2.00. The number of methoxy groups -OCH3 is 1. The van der Waals surface area contributed by atoms with Gasteiger partial charge in [-0.3, -0.25) is 0 Å². The number of hydrogen-bond acceptors (Lipinski definition) is 3. The number of hydrogen-bond donors (Lipinski definition) is 1. The summed E-state index contributed by atoms with van der Waals surface area (Å²) in [6.07, 6.45) is 0. The summed E-state index contributed by atoms with van der Waals surface area (Å²) in [6, 6.07) is 9.33. The van der Waals surface area contributed by atoms with Gasteiger partial charge in [0.2, 0.25) is 0 Å². The molecule has 0 bridgehead atoms. The van der Waals surface area contributed by atoms with Gasteiger partial charge in [0.1, 0.15) is 0 Å². The first-order valence-corrected chi connectivity index (χ1v) is 5.49. The van der Waals surface area contributed by atoms with E-state index in [1.165, 1.54) is 7.11 Å². The van der Waals surface area contributed by atoms with Crippen molar-refractivity contribution in [2.45, 2.75) is 0 Å². The molecule has 4 heteroatoms. The highest BCUT2D eigenvalue weighted by Gasteiger charge is 2.20. The molecule has 0 aromatic rings. The van der Waals surface area contributed by atoms with Crippen LogP contribution in [0.2, 0.25) is 0 Å². The van der Waals surface area contributed by atoms with Gasteiger partial charge in [0.05, 0.1) is 12.7 Å². The monoisotopic (exact) mass is 279 g/mol. The summed E-state index contributed by atoms with van der Waals surface area (Å²) in [5, 5.41) is 0. The van der Waals surface area contributed by atoms with E-state index in [4.69, 9.17) is 10.5 Å². The molecule has 0 saturated heterocycles. The maximum absolute atomic E-state index is 11.6. The highest BCUT2D eigenvalue weighted by Crippen LogP contribution is 2.34. The minimum absolute atomic E-state index is 0.411. The Balaban J connectivity index is 2.73. The Morgan fingerprint density at radius 2 is 2.12 bits per heavy atom. The van der Waals surface area contributed by atoms with Gasteiger partial charge in [-0.15, -0.1) is 0 Å². The number of fused-ring (bicyclic) bond motifs is 1. The van der Waals surface area contributed by atoms with Crippen LogP contribution in [0, 0.1) is 0 Å². The third kappa shape index (κ3) is 1.76. The van der Waals surface area contributed by atoms with E-state index < -0.39 is 5.97 Å². The van der Waals surface area contributed by atoms with Crippen molar-refractivity contribution in [2.24, 2.45) is 0 Å². The fraction of sp³-hybridized carbons (Fsp3) is 0.0833. The minimum atomic E-state index is -0.411. The molecule has 0 radical (unpaired) electrons. The smallest absolute Gasteiger partial charge is 0.340 e. The lowest BCUT2D eigenvalue weighted by molar-refractivity contribution is 0.0603. The summed E-state index contributed by atoms with van der Waals surface area (Å²) < 4.78 is 5.61. The molecule has 82 valence electrons. The number of ether oxygens (including phenoxy) is 1. The SMILES string of the molecule is COC(=O)c1c(N)cc2cccc(Br)cc1-2. The van der Waals surface area contributed by atoms with E-state index >= 15 is 0 Å². The lowest BCUT2D eigenvalue weighted by Crippen LogP contribution is -2.03. The zero-order valence-electron chi connectivity index (χ0n) is 8.66. The first-order chi connectivity index (χ1) is 7.63. The van der Waals surface area contributed by atoms with Crippen molar-refractivity contribution in [3.8, 4) is 11.1 Å². The van der Waals surface area contributed by atoms with Gasteiger partial charge in [-0.2, -0.15) is 0 Å². The zero-order chi connectivity index (χ0) is 11.7. The predicted molar refractivity (Wildman–Crippen MR) is 66.5 cm³/mol. The molecule has 0 aliphatic heterocycles. The van der Waals surface area contributed by atoms with Crippen molar-refractivity contribution in [2.75, 3.05) is 12.8 Å². The van der Waals surface area contributed by atoms with Crippen molar-refractivity contribution in [3.63, 3.8) is 0 Å². The number of esters is 1. The first-order valence-electron chi connectivity index (χ1n) is 4.69. The number of carbonyl (C=O) groups is 1. The van der Waals surface area contributed by atoms with Gasteiger partial charge in [0.15, 0.2) is 0 Å². The van der Waals surface area contributed by atoms with Gasteiger partial charge in [-0.05, 0) is 29.3 Å². The maximum Gasteiger partial charge on any atom is 0.340 e. The summed E-state index contributed by atoms with van der Waals surface area (Å²) in [5.74, 6) is -0.411. The second-order valence-corrected chi connectivity index (χ2v) is 4.31. The van der Waals surface area contributed by atoms with Gasteiger partial charge in [-0.1, -0.05) is 28.1 Å². The molecule has 0 aromatic heterocycles. The van der Waals surface area contributed by atoms with E-state index in [0.29, 0.717) is 11.3 Å². The molecule has 0 fully saturated rings. The molecule has 0 atom stereocenters.